The van der Waals surface area contributed by atoms with E-state index < -0.39 is 16.0 Å². The SMILES string of the molecule is CCc1ccc(C(=O)O)cc1S(=O)(=O)N(C)CC(C)C. The van der Waals surface area contributed by atoms with Crippen LogP contribution < -0.4 is 0 Å². The monoisotopic (exact) mass is 299 g/mol. The molecule has 0 saturated heterocycles. The first-order chi connectivity index (χ1) is 9.20. The highest BCUT2D eigenvalue weighted by molar-refractivity contribution is 7.89. The molecule has 0 heterocycles. The molecule has 0 aliphatic carbocycles. The largest absolute Gasteiger partial charge is 0.478 e. The molecule has 0 amide bonds. The van der Waals surface area contributed by atoms with Crippen molar-refractivity contribution in [3.63, 3.8) is 0 Å². The fraction of sp³-hybridized carbons (Fsp3) is 0.500. The Morgan fingerprint density at radius 1 is 1.35 bits per heavy atom. The number of nitrogens with zero attached hydrogens (tertiary/aromatic N) is 1. The van der Waals surface area contributed by atoms with Crippen molar-refractivity contribution < 1.29 is 18.3 Å². The van der Waals surface area contributed by atoms with Crippen molar-refractivity contribution in [2.24, 2.45) is 5.92 Å². The number of hydrogen-bond acceptors (Lipinski definition) is 3. The van der Waals surface area contributed by atoms with Crippen molar-refractivity contribution in [3.05, 3.63) is 29.3 Å². The van der Waals surface area contributed by atoms with Gasteiger partial charge in [-0.2, -0.15) is 0 Å². The quantitative estimate of drug-likeness (QED) is 0.874. The second kappa shape index (κ2) is 6.37. The van der Waals surface area contributed by atoms with Gasteiger partial charge >= 0.3 is 5.97 Å². The predicted molar refractivity (Wildman–Crippen MR) is 77.4 cm³/mol. The smallest absolute Gasteiger partial charge is 0.335 e. The van der Waals surface area contributed by atoms with Crippen LogP contribution in [0.5, 0.6) is 0 Å². The summed E-state index contributed by atoms with van der Waals surface area (Å²) in [6.07, 6.45) is 0.532. The van der Waals surface area contributed by atoms with Crippen LogP contribution in [0.2, 0.25) is 0 Å². The van der Waals surface area contributed by atoms with Crippen molar-refractivity contribution in [1.29, 1.82) is 0 Å². The molecule has 5 nitrogen and oxygen atoms in total. The lowest BCUT2D eigenvalue weighted by molar-refractivity contribution is 0.0696. The Balaban J connectivity index is 3.35. The number of aromatic carboxylic acids is 1. The van der Waals surface area contributed by atoms with Gasteiger partial charge in [0.1, 0.15) is 0 Å². The molecule has 1 N–H and O–H groups in total. The number of carboxylic acid groups (broad SMARTS) is 1. The molecule has 6 heteroatoms. The van der Waals surface area contributed by atoms with E-state index in [1.165, 1.54) is 23.5 Å². The Kier molecular flexibility index (Phi) is 5.30. The number of benzene rings is 1. The minimum absolute atomic E-state index is 0.0151. The molecule has 0 radical (unpaired) electrons. The average Bonchev–Trinajstić information content (AvgIpc) is 2.36. The topological polar surface area (TPSA) is 74.7 Å². The van der Waals surface area contributed by atoms with Crippen molar-refractivity contribution in [2.45, 2.75) is 32.1 Å². The molecule has 1 aromatic carbocycles. The molecule has 0 atom stereocenters. The van der Waals surface area contributed by atoms with E-state index in [-0.39, 0.29) is 16.4 Å². The van der Waals surface area contributed by atoms with Crippen molar-refractivity contribution >= 4 is 16.0 Å². The van der Waals surface area contributed by atoms with E-state index >= 15 is 0 Å². The Morgan fingerprint density at radius 3 is 2.40 bits per heavy atom. The molecule has 112 valence electrons. The van der Waals surface area contributed by atoms with Crippen LogP contribution in [0, 0.1) is 5.92 Å². The van der Waals surface area contributed by atoms with Crippen LogP contribution in [-0.2, 0) is 16.4 Å². The third-order valence-electron chi connectivity index (χ3n) is 3.01. The number of aryl methyl sites for hydroxylation is 1. The summed E-state index contributed by atoms with van der Waals surface area (Å²) >= 11 is 0. The lowest BCUT2D eigenvalue weighted by Gasteiger charge is -2.21. The predicted octanol–water partition coefficient (Wildman–Crippen LogP) is 2.22. The molecule has 0 aliphatic heterocycles. The summed E-state index contributed by atoms with van der Waals surface area (Å²) in [7, 11) is -2.15. The average molecular weight is 299 g/mol. The number of carboxylic acids is 1. The molecule has 20 heavy (non-hydrogen) atoms. The van der Waals surface area contributed by atoms with Gasteiger partial charge in [0, 0.05) is 13.6 Å². The van der Waals surface area contributed by atoms with Crippen LogP contribution in [0.4, 0.5) is 0 Å². The molecule has 0 spiro atoms. The van der Waals surface area contributed by atoms with Gasteiger partial charge in [0.2, 0.25) is 10.0 Å². The minimum Gasteiger partial charge on any atom is -0.478 e. The highest BCUT2D eigenvalue weighted by Crippen LogP contribution is 2.22. The van der Waals surface area contributed by atoms with Gasteiger partial charge in [-0.15, -0.1) is 0 Å². The van der Waals surface area contributed by atoms with Gasteiger partial charge in [-0.05, 0) is 30.0 Å². The van der Waals surface area contributed by atoms with Crippen molar-refractivity contribution in [3.8, 4) is 0 Å². The number of carbonyl (C=O) groups is 1. The normalized spacial score (nSPS) is 12.1. The summed E-state index contributed by atoms with van der Waals surface area (Å²) in [5, 5.41) is 9.01. The van der Waals surface area contributed by atoms with Crippen LogP contribution in [0.1, 0.15) is 36.7 Å². The van der Waals surface area contributed by atoms with Crippen LogP contribution in [0.3, 0.4) is 0 Å². The molecule has 1 aromatic rings. The van der Waals surface area contributed by atoms with E-state index in [0.717, 1.165) is 0 Å². The van der Waals surface area contributed by atoms with E-state index in [9.17, 15) is 13.2 Å². The van der Waals surface area contributed by atoms with Gasteiger partial charge in [-0.1, -0.05) is 26.8 Å². The maximum atomic E-state index is 12.6. The maximum Gasteiger partial charge on any atom is 0.335 e. The molecule has 0 aromatic heterocycles. The third-order valence-corrected chi connectivity index (χ3v) is 4.91. The Morgan fingerprint density at radius 2 is 1.95 bits per heavy atom. The van der Waals surface area contributed by atoms with Crippen LogP contribution in [0.15, 0.2) is 23.1 Å². The van der Waals surface area contributed by atoms with Gasteiger partial charge in [-0.25, -0.2) is 17.5 Å². The zero-order valence-electron chi connectivity index (χ0n) is 12.3. The highest BCUT2D eigenvalue weighted by atomic mass is 32.2. The molecular weight excluding hydrogens is 278 g/mol. The summed E-state index contributed by atoms with van der Waals surface area (Å²) in [5.74, 6) is -0.932. The van der Waals surface area contributed by atoms with Crippen LogP contribution >= 0.6 is 0 Å². The molecule has 1 rings (SSSR count). The molecule has 0 unspecified atom stereocenters. The van der Waals surface area contributed by atoms with E-state index in [4.69, 9.17) is 5.11 Å². The number of rotatable bonds is 6. The van der Waals surface area contributed by atoms with Crippen LogP contribution in [-0.4, -0.2) is 37.4 Å². The molecular formula is C14H21NO4S. The Labute approximate surface area is 120 Å². The minimum atomic E-state index is -3.66. The third kappa shape index (κ3) is 3.58. The Hall–Kier alpha value is -1.40. The first-order valence-electron chi connectivity index (χ1n) is 6.52. The summed E-state index contributed by atoms with van der Waals surface area (Å²) in [5.41, 5.74) is 0.615. The van der Waals surface area contributed by atoms with Crippen molar-refractivity contribution in [1.82, 2.24) is 4.31 Å². The number of hydrogen-bond donors (Lipinski definition) is 1. The van der Waals surface area contributed by atoms with Gasteiger partial charge in [0.15, 0.2) is 0 Å². The number of sulfonamides is 1. The van der Waals surface area contributed by atoms with Gasteiger partial charge in [0.25, 0.3) is 0 Å². The standard InChI is InChI=1S/C14H21NO4S/c1-5-11-6-7-12(14(16)17)8-13(11)20(18,19)15(4)9-10(2)3/h6-8,10H,5,9H2,1-4H3,(H,16,17). The maximum absolute atomic E-state index is 12.6. The second-order valence-electron chi connectivity index (χ2n) is 5.16. The summed E-state index contributed by atoms with van der Waals surface area (Å²) in [4.78, 5) is 11.1. The first kappa shape index (κ1) is 16.7. The van der Waals surface area contributed by atoms with E-state index in [1.54, 1.807) is 6.07 Å². The summed E-state index contributed by atoms with van der Waals surface area (Å²) in [6.45, 7) is 6.10. The zero-order chi connectivity index (χ0) is 15.5. The molecule has 0 saturated carbocycles. The summed E-state index contributed by atoms with van der Waals surface area (Å²) in [6, 6.07) is 4.25. The van der Waals surface area contributed by atoms with Gasteiger partial charge in [-0.3, -0.25) is 0 Å². The van der Waals surface area contributed by atoms with Crippen molar-refractivity contribution in [2.75, 3.05) is 13.6 Å². The summed E-state index contributed by atoms with van der Waals surface area (Å²) < 4.78 is 26.4. The van der Waals surface area contributed by atoms with Gasteiger partial charge < -0.3 is 5.11 Å². The molecule has 0 fully saturated rings. The van der Waals surface area contributed by atoms with E-state index in [2.05, 4.69) is 0 Å². The lowest BCUT2D eigenvalue weighted by Crippen LogP contribution is -2.31. The van der Waals surface area contributed by atoms with Crippen LogP contribution in [0.25, 0.3) is 0 Å². The second-order valence-corrected chi connectivity index (χ2v) is 7.17. The lowest BCUT2D eigenvalue weighted by atomic mass is 10.1. The zero-order valence-corrected chi connectivity index (χ0v) is 13.1. The molecule has 0 bridgehead atoms. The highest BCUT2D eigenvalue weighted by Gasteiger charge is 2.25. The molecule has 0 aliphatic rings. The Bertz CT molecular complexity index is 593. The fourth-order valence-electron chi connectivity index (χ4n) is 2.00. The van der Waals surface area contributed by atoms with Gasteiger partial charge in [0.05, 0.1) is 10.5 Å². The van der Waals surface area contributed by atoms with E-state index in [0.29, 0.717) is 18.5 Å². The van der Waals surface area contributed by atoms with E-state index in [1.807, 2.05) is 20.8 Å². The fourth-order valence-corrected chi connectivity index (χ4v) is 3.65. The first-order valence-corrected chi connectivity index (χ1v) is 7.96.